The number of H-pyrrole nitrogens is 1. The van der Waals surface area contributed by atoms with Crippen molar-refractivity contribution in [2.45, 2.75) is 39.7 Å². The van der Waals surface area contributed by atoms with E-state index in [2.05, 4.69) is 4.98 Å². The molecule has 0 saturated carbocycles. The highest BCUT2D eigenvalue weighted by Crippen LogP contribution is 2.29. The minimum atomic E-state index is -0.577. The van der Waals surface area contributed by atoms with Crippen LogP contribution in [0.25, 0.3) is 10.9 Å². The molecule has 0 aliphatic rings. The van der Waals surface area contributed by atoms with Crippen molar-refractivity contribution < 1.29 is 14.3 Å². The Bertz CT molecular complexity index is 1090. The largest absolute Gasteiger partial charge is 0.481 e. The Balaban J connectivity index is 1.94. The van der Waals surface area contributed by atoms with Crippen LogP contribution in [0.3, 0.4) is 0 Å². The van der Waals surface area contributed by atoms with Gasteiger partial charge in [-0.15, -0.1) is 0 Å². The van der Waals surface area contributed by atoms with Gasteiger partial charge in [-0.1, -0.05) is 29.8 Å². The highest BCUT2D eigenvalue weighted by molar-refractivity contribution is 6.30. The van der Waals surface area contributed by atoms with Crippen LogP contribution in [0.4, 0.5) is 0 Å². The number of fused-ring (bicyclic) bond motifs is 1. The van der Waals surface area contributed by atoms with Crippen LogP contribution in [-0.4, -0.2) is 23.2 Å². The summed E-state index contributed by atoms with van der Waals surface area (Å²) in [5.74, 6) is 0.0810. The maximum Gasteiger partial charge on any atom is 0.344 e. The third-order valence-electron chi connectivity index (χ3n) is 4.44. The minimum absolute atomic E-state index is 0.144. The average Bonchev–Trinajstić information content (AvgIpc) is 2.63. The average molecular weight is 414 g/mol. The van der Waals surface area contributed by atoms with Crippen LogP contribution in [-0.2, 0) is 16.0 Å². The van der Waals surface area contributed by atoms with Gasteiger partial charge in [-0.2, -0.15) is 0 Å². The Labute approximate surface area is 174 Å². The summed E-state index contributed by atoms with van der Waals surface area (Å²) in [4.78, 5) is 27.6. The molecule has 29 heavy (non-hydrogen) atoms. The van der Waals surface area contributed by atoms with E-state index in [0.29, 0.717) is 28.3 Å². The smallest absolute Gasteiger partial charge is 0.344 e. The molecule has 0 aliphatic carbocycles. The van der Waals surface area contributed by atoms with Gasteiger partial charge in [0.05, 0.1) is 5.52 Å². The second-order valence-corrected chi connectivity index (χ2v) is 8.35. The number of carbonyl (C=O) groups excluding carboxylic acids is 1. The molecule has 0 radical (unpaired) electrons. The van der Waals surface area contributed by atoms with Gasteiger partial charge in [0, 0.05) is 22.4 Å². The van der Waals surface area contributed by atoms with Crippen molar-refractivity contribution in [1.82, 2.24) is 4.98 Å². The summed E-state index contributed by atoms with van der Waals surface area (Å²) >= 11 is 5.95. The number of aromatic amines is 1. The fourth-order valence-corrected chi connectivity index (χ4v) is 3.31. The Morgan fingerprint density at radius 3 is 2.45 bits per heavy atom. The molecule has 0 bridgehead atoms. The lowest BCUT2D eigenvalue weighted by Gasteiger charge is -2.20. The number of pyridine rings is 1. The predicted molar refractivity (Wildman–Crippen MR) is 115 cm³/mol. The van der Waals surface area contributed by atoms with Crippen molar-refractivity contribution in [3.8, 4) is 5.75 Å². The summed E-state index contributed by atoms with van der Waals surface area (Å²) in [6, 6.07) is 12.8. The van der Waals surface area contributed by atoms with Crippen LogP contribution >= 0.6 is 11.6 Å². The van der Waals surface area contributed by atoms with Gasteiger partial charge in [0.1, 0.15) is 11.4 Å². The normalized spacial score (nSPS) is 11.5. The number of hydrogen-bond donors (Lipinski definition) is 1. The highest BCUT2D eigenvalue weighted by atomic mass is 35.5. The fourth-order valence-electron chi connectivity index (χ4n) is 3.19. The molecule has 152 valence electrons. The molecule has 0 saturated heterocycles. The zero-order valence-electron chi connectivity index (χ0n) is 17.0. The van der Waals surface area contributed by atoms with E-state index in [1.54, 1.807) is 45.0 Å². The van der Waals surface area contributed by atoms with Crippen LogP contribution in [0, 0.1) is 6.92 Å². The predicted octanol–water partition coefficient (Wildman–Crippen LogP) is 4.80. The maximum atomic E-state index is 12.7. The van der Waals surface area contributed by atoms with E-state index in [9.17, 15) is 9.59 Å². The fraction of sp³-hybridized carbons (Fsp3) is 0.304. The number of rotatable bonds is 5. The van der Waals surface area contributed by atoms with E-state index in [0.717, 1.165) is 16.5 Å². The van der Waals surface area contributed by atoms with E-state index >= 15 is 0 Å². The summed E-state index contributed by atoms with van der Waals surface area (Å²) in [5.41, 5.74) is 2.39. The molecule has 0 fully saturated rings. The number of benzene rings is 2. The van der Waals surface area contributed by atoms with Crippen LogP contribution < -0.4 is 10.3 Å². The zero-order chi connectivity index (χ0) is 21.2. The van der Waals surface area contributed by atoms with Gasteiger partial charge in [-0.25, -0.2) is 4.79 Å². The SMILES string of the molecule is Cc1c(Cc2ccc(Cl)cc2)c(=O)[nH]c2cccc(OCC(=O)OC(C)(C)C)c12. The number of hydrogen-bond acceptors (Lipinski definition) is 4. The maximum absolute atomic E-state index is 12.7. The monoisotopic (exact) mass is 413 g/mol. The first kappa shape index (κ1) is 20.9. The first-order valence-corrected chi connectivity index (χ1v) is 9.75. The molecule has 6 heteroatoms. The summed E-state index contributed by atoms with van der Waals surface area (Å²) < 4.78 is 11.1. The first-order chi connectivity index (χ1) is 13.6. The molecule has 0 aliphatic heterocycles. The second kappa shape index (κ2) is 8.29. The van der Waals surface area contributed by atoms with Gasteiger partial charge in [0.25, 0.3) is 5.56 Å². The zero-order valence-corrected chi connectivity index (χ0v) is 17.7. The Hall–Kier alpha value is -2.79. The van der Waals surface area contributed by atoms with Crippen molar-refractivity contribution in [3.63, 3.8) is 0 Å². The van der Waals surface area contributed by atoms with E-state index in [4.69, 9.17) is 21.1 Å². The molecule has 3 aromatic rings. The van der Waals surface area contributed by atoms with Crippen molar-refractivity contribution in [1.29, 1.82) is 0 Å². The third kappa shape index (κ3) is 5.18. The molecule has 3 rings (SSSR count). The number of ether oxygens (including phenoxy) is 2. The lowest BCUT2D eigenvalue weighted by atomic mass is 9.98. The molecule has 0 atom stereocenters. The summed E-state index contributed by atoms with van der Waals surface area (Å²) in [6.45, 7) is 7.10. The molecule has 0 spiro atoms. The van der Waals surface area contributed by atoms with Crippen LogP contribution in [0.15, 0.2) is 47.3 Å². The van der Waals surface area contributed by atoms with Gasteiger partial charge in [0.15, 0.2) is 6.61 Å². The topological polar surface area (TPSA) is 68.4 Å². The standard InChI is InChI=1S/C23H24ClNO4/c1-14-17(12-15-8-10-16(24)11-9-15)22(27)25-18-6-5-7-19(21(14)18)28-13-20(26)29-23(2,3)4/h5-11H,12-13H2,1-4H3,(H,25,27). The van der Waals surface area contributed by atoms with Crippen LogP contribution in [0.2, 0.25) is 5.02 Å². The molecule has 1 heterocycles. The Morgan fingerprint density at radius 2 is 1.79 bits per heavy atom. The molecular formula is C23H24ClNO4. The Morgan fingerprint density at radius 1 is 1.10 bits per heavy atom. The van der Waals surface area contributed by atoms with E-state index < -0.39 is 11.6 Å². The molecule has 2 aromatic carbocycles. The Kier molecular flexibility index (Phi) is 5.99. The van der Waals surface area contributed by atoms with Crippen molar-refractivity contribution in [3.05, 3.63) is 74.5 Å². The van der Waals surface area contributed by atoms with E-state index in [-0.39, 0.29) is 12.2 Å². The third-order valence-corrected chi connectivity index (χ3v) is 4.69. The first-order valence-electron chi connectivity index (χ1n) is 9.37. The number of aryl methyl sites for hydroxylation is 1. The lowest BCUT2D eigenvalue weighted by molar-refractivity contribution is -0.157. The van der Waals surface area contributed by atoms with Crippen LogP contribution in [0.1, 0.15) is 37.5 Å². The van der Waals surface area contributed by atoms with Gasteiger partial charge < -0.3 is 14.5 Å². The van der Waals surface area contributed by atoms with Crippen molar-refractivity contribution >= 4 is 28.5 Å². The summed E-state index contributed by atoms with van der Waals surface area (Å²) in [7, 11) is 0. The molecule has 5 nitrogen and oxygen atoms in total. The molecule has 1 N–H and O–H groups in total. The number of aromatic nitrogens is 1. The van der Waals surface area contributed by atoms with E-state index in [1.807, 2.05) is 25.1 Å². The second-order valence-electron chi connectivity index (χ2n) is 7.91. The van der Waals surface area contributed by atoms with Gasteiger partial charge in [0.2, 0.25) is 0 Å². The summed E-state index contributed by atoms with van der Waals surface area (Å²) in [5, 5.41) is 1.43. The van der Waals surface area contributed by atoms with Gasteiger partial charge >= 0.3 is 5.97 Å². The van der Waals surface area contributed by atoms with Crippen molar-refractivity contribution in [2.24, 2.45) is 0 Å². The number of nitrogens with one attached hydrogen (secondary N) is 1. The van der Waals surface area contributed by atoms with Gasteiger partial charge in [-0.05, 0) is 63.1 Å². The molecular weight excluding hydrogens is 390 g/mol. The number of carbonyl (C=O) groups is 1. The van der Waals surface area contributed by atoms with Crippen LogP contribution in [0.5, 0.6) is 5.75 Å². The van der Waals surface area contributed by atoms with Crippen molar-refractivity contribution in [2.75, 3.05) is 6.61 Å². The summed E-state index contributed by atoms with van der Waals surface area (Å²) in [6.07, 6.45) is 0.467. The molecule has 0 unspecified atom stereocenters. The number of esters is 1. The number of halogens is 1. The quantitative estimate of drug-likeness (QED) is 0.610. The highest BCUT2D eigenvalue weighted by Gasteiger charge is 2.18. The molecule has 0 amide bonds. The molecule has 1 aromatic heterocycles. The van der Waals surface area contributed by atoms with Gasteiger partial charge in [-0.3, -0.25) is 4.79 Å². The lowest BCUT2D eigenvalue weighted by Crippen LogP contribution is -2.27. The van der Waals surface area contributed by atoms with E-state index in [1.165, 1.54) is 0 Å². The minimum Gasteiger partial charge on any atom is -0.481 e.